The van der Waals surface area contributed by atoms with Crippen molar-refractivity contribution in [3.05, 3.63) is 87.5 Å². The van der Waals surface area contributed by atoms with E-state index in [4.69, 9.17) is 4.74 Å². The molecule has 4 rings (SSSR count). The third kappa shape index (κ3) is 4.09. The summed E-state index contributed by atoms with van der Waals surface area (Å²) in [5.74, 6) is 0.803. The quantitative estimate of drug-likeness (QED) is 0.473. The third-order valence-electron chi connectivity index (χ3n) is 5.71. The van der Waals surface area contributed by atoms with Crippen LogP contribution < -0.4 is 15.0 Å². The number of sulfonamides is 1. The molecule has 33 heavy (non-hydrogen) atoms. The molecule has 1 aromatic heterocycles. The number of para-hydroxylation sites is 1. The van der Waals surface area contributed by atoms with E-state index in [-0.39, 0.29) is 21.9 Å². The van der Waals surface area contributed by atoms with E-state index in [1.165, 1.54) is 11.7 Å². The average molecular weight is 464 g/mol. The van der Waals surface area contributed by atoms with Gasteiger partial charge in [0.1, 0.15) is 11.6 Å². The second-order valence-electron chi connectivity index (χ2n) is 8.01. The Morgan fingerprint density at radius 3 is 2.33 bits per heavy atom. The van der Waals surface area contributed by atoms with E-state index in [0.717, 1.165) is 11.1 Å². The minimum atomic E-state index is -3.85. The number of aromatic nitrogens is 2. The SMILES string of the molecule is COc1cc(-n2c(C)nc3ccccc3c2=O)ccc1NS(=O)(=O)c1cc(C)c(C)cc1C. The van der Waals surface area contributed by atoms with Gasteiger partial charge < -0.3 is 4.74 Å². The van der Waals surface area contributed by atoms with Gasteiger partial charge in [-0.3, -0.25) is 14.1 Å². The largest absolute Gasteiger partial charge is 0.494 e. The van der Waals surface area contributed by atoms with Crippen molar-refractivity contribution < 1.29 is 13.2 Å². The maximum Gasteiger partial charge on any atom is 0.265 e. The molecule has 0 saturated heterocycles. The van der Waals surface area contributed by atoms with Gasteiger partial charge in [-0.1, -0.05) is 18.2 Å². The second kappa shape index (κ2) is 8.37. The molecule has 7 nitrogen and oxygen atoms in total. The first-order valence-corrected chi connectivity index (χ1v) is 11.9. The summed E-state index contributed by atoms with van der Waals surface area (Å²) >= 11 is 0. The number of hydrogen-bond acceptors (Lipinski definition) is 5. The van der Waals surface area contributed by atoms with Crippen molar-refractivity contribution >= 4 is 26.6 Å². The first-order valence-electron chi connectivity index (χ1n) is 10.4. The standard InChI is InChI=1S/C25H25N3O4S/c1-15-12-17(3)24(13-16(15)2)33(30,31)27-22-11-10-19(14-23(22)32-5)28-18(4)26-21-9-7-6-8-20(21)25(28)29/h6-14,27H,1-5H3. The van der Waals surface area contributed by atoms with E-state index < -0.39 is 10.0 Å². The number of aryl methyl sites for hydroxylation is 4. The maximum absolute atomic E-state index is 13.1. The van der Waals surface area contributed by atoms with Crippen LogP contribution in [0.2, 0.25) is 0 Å². The zero-order chi connectivity index (χ0) is 23.9. The third-order valence-corrected chi connectivity index (χ3v) is 7.22. The van der Waals surface area contributed by atoms with Crippen molar-refractivity contribution in [3.63, 3.8) is 0 Å². The van der Waals surface area contributed by atoms with Crippen LogP contribution in [0.25, 0.3) is 16.6 Å². The molecule has 0 amide bonds. The summed E-state index contributed by atoms with van der Waals surface area (Å²) in [5, 5.41) is 0.497. The van der Waals surface area contributed by atoms with Crippen LogP contribution in [0.4, 0.5) is 5.69 Å². The molecule has 3 aromatic carbocycles. The van der Waals surface area contributed by atoms with Crippen molar-refractivity contribution in [2.45, 2.75) is 32.6 Å². The summed E-state index contributed by atoms with van der Waals surface area (Å²) in [7, 11) is -2.40. The van der Waals surface area contributed by atoms with Gasteiger partial charge in [0.2, 0.25) is 0 Å². The molecule has 0 saturated carbocycles. The van der Waals surface area contributed by atoms with Crippen LogP contribution in [-0.4, -0.2) is 25.1 Å². The van der Waals surface area contributed by atoms with E-state index >= 15 is 0 Å². The molecule has 0 radical (unpaired) electrons. The Kier molecular flexibility index (Phi) is 5.71. The van der Waals surface area contributed by atoms with Crippen molar-refractivity contribution in [2.24, 2.45) is 0 Å². The van der Waals surface area contributed by atoms with Crippen LogP contribution >= 0.6 is 0 Å². The van der Waals surface area contributed by atoms with Gasteiger partial charge in [-0.15, -0.1) is 0 Å². The summed E-state index contributed by atoms with van der Waals surface area (Å²) in [4.78, 5) is 17.9. The minimum Gasteiger partial charge on any atom is -0.494 e. The Balaban J connectivity index is 1.78. The highest BCUT2D eigenvalue weighted by Crippen LogP contribution is 2.31. The number of benzene rings is 3. The molecule has 0 atom stereocenters. The van der Waals surface area contributed by atoms with Gasteiger partial charge in [0.25, 0.3) is 15.6 Å². The van der Waals surface area contributed by atoms with E-state index in [1.54, 1.807) is 56.3 Å². The lowest BCUT2D eigenvalue weighted by Gasteiger charge is -2.17. The Bertz CT molecular complexity index is 1560. The van der Waals surface area contributed by atoms with E-state index in [9.17, 15) is 13.2 Å². The lowest BCUT2D eigenvalue weighted by atomic mass is 10.1. The molecular formula is C25H25N3O4S. The van der Waals surface area contributed by atoms with Gasteiger partial charge in [-0.25, -0.2) is 13.4 Å². The molecule has 0 bridgehead atoms. The Hall–Kier alpha value is -3.65. The number of nitrogens with zero attached hydrogens (tertiary/aromatic N) is 2. The van der Waals surface area contributed by atoms with E-state index in [2.05, 4.69) is 9.71 Å². The van der Waals surface area contributed by atoms with Crippen LogP contribution in [0, 0.1) is 27.7 Å². The fraction of sp³-hybridized carbons (Fsp3) is 0.200. The molecule has 1 heterocycles. The monoisotopic (exact) mass is 463 g/mol. The van der Waals surface area contributed by atoms with Crippen LogP contribution in [0.15, 0.2) is 64.3 Å². The molecule has 4 aromatic rings. The van der Waals surface area contributed by atoms with Crippen molar-refractivity contribution in [3.8, 4) is 11.4 Å². The van der Waals surface area contributed by atoms with Crippen LogP contribution in [-0.2, 0) is 10.0 Å². The molecule has 0 fully saturated rings. The zero-order valence-electron chi connectivity index (χ0n) is 19.1. The number of anilines is 1. The summed E-state index contributed by atoms with van der Waals surface area (Å²) in [6, 6.07) is 15.5. The predicted octanol–water partition coefficient (Wildman–Crippen LogP) is 4.43. The lowest BCUT2D eigenvalue weighted by Crippen LogP contribution is -2.22. The topological polar surface area (TPSA) is 90.3 Å². The molecule has 0 spiro atoms. The summed E-state index contributed by atoms with van der Waals surface area (Å²) in [6.07, 6.45) is 0. The number of hydrogen-bond donors (Lipinski definition) is 1. The normalized spacial score (nSPS) is 11.5. The number of methoxy groups -OCH3 is 1. The van der Waals surface area contributed by atoms with Crippen LogP contribution in [0.5, 0.6) is 5.75 Å². The molecule has 0 aliphatic carbocycles. The second-order valence-corrected chi connectivity index (χ2v) is 9.66. The first kappa shape index (κ1) is 22.5. The van der Waals surface area contributed by atoms with Gasteiger partial charge in [-0.05, 0) is 74.7 Å². The Morgan fingerprint density at radius 1 is 0.909 bits per heavy atom. The molecule has 0 aliphatic heterocycles. The van der Waals surface area contributed by atoms with Crippen molar-refractivity contribution in [1.82, 2.24) is 9.55 Å². The minimum absolute atomic E-state index is 0.209. The van der Waals surface area contributed by atoms with Gasteiger partial charge in [0, 0.05) is 6.07 Å². The predicted molar refractivity (Wildman–Crippen MR) is 130 cm³/mol. The smallest absolute Gasteiger partial charge is 0.265 e. The van der Waals surface area contributed by atoms with Gasteiger partial charge in [0.05, 0.1) is 34.3 Å². The average Bonchev–Trinajstić information content (AvgIpc) is 2.76. The summed E-state index contributed by atoms with van der Waals surface area (Å²) in [6.45, 7) is 7.34. The molecule has 0 unspecified atom stereocenters. The number of nitrogens with one attached hydrogen (secondary N) is 1. The van der Waals surface area contributed by atoms with Gasteiger partial charge in [0.15, 0.2) is 0 Å². The summed E-state index contributed by atoms with van der Waals surface area (Å²) < 4.78 is 35.8. The van der Waals surface area contributed by atoms with Gasteiger partial charge in [-0.2, -0.15) is 0 Å². The molecular weight excluding hydrogens is 438 g/mol. The highest BCUT2D eigenvalue weighted by Gasteiger charge is 2.21. The van der Waals surface area contributed by atoms with E-state index in [0.29, 0.717) is 28.0 Å². The highest BCUT2D eigenvalue weighted by atomic mass is 32.2. The Labute approximate surface area is 192 Å². The number of ether oxygens (including phenoxy) is 1. The van der Waals surface area contributed by atoms with Crippen molar-refractivity contribution in [1.29, 1.82) is 0 Å². The molecule has 8 heteroatoms. The molecule has 1 N–H and O–H groups in total. The first-order chi connectivity index (χ1) is 15.6. The van der Waals surface area contributed by atoms with Crippen LogP contribution in [0.1, 0.15) is 22.5 Å². The van der Waals surface area contributed by atoms with Crippen LogP contribution in [0.3, 0.4) is 0 Å². The van der Waals surface area contributed by atoms with E-state index in [1.807, 2.05) is 26.0 Å². The fourth-order valence-corrected chi connectivity index (χ4v) is 5.26. The zero-order valence-corrected chi connectivity index (χ0v) is 19.9. The highest BCUT2D eigenvalue weighted by molar-refractivity contribution is 7.92. The Morgan fingerprint density at radius 2 is 1.61 bits per heavy atom. The summed E-state index contributed by atoms with van der Waals surface area (Å²) in [5.41, 5.74) is 3.79. The van der Waals surface area contributed by atoms with Crippen molar-refractivity contribution in [2.75, 3.05) is 11.8 Å². The van der Waals surface area contributed by atoms with Gasteiger partial charge >= 0.3 is 0 Å². The molecule has 170 valence electrons. The molecule has 0 aliphatic rings. The number of fused-ring (bicyclic) bond motifs is 1. The maximum atomic E-state index is 13.1. The number of rotatable bonds is 5. The lowest BCUT2D eigenvalue weighted by molar-refractivity contribution is 0.416. The fourth-order valence-electron chi connectivity index (χ4n) is 3.87.